The van der Waals surface area contributed by atoms with Gasteiger partial charge in [-0.1, -0.05) is 31.2 Å². The van der Waals surface area contributed by atoms with Crippen LogP contribution in [-0.4, -0.2) is 40.4 Å². The number of anilines is 2. The molecule has 2 aromatic rings. The molecule has 10 nitrogen and oxygen atoms in total. The first-order valence-electron chi connectivity index (χ1n) is 9.62. The van der Waals surface area contributed by atoms with Gasteiger partial charge in [0.1, 0.15) is 23.8 Å². The number of halogens is 1. The van der Waals surface area contributed by atoms with Gasteiger partial charge in [-0.25, -0.2) is 9.97 Å². The van der Waals surface area contributed by atoms with E-state index in [1.54, 1.807) is 24.3 Å². The molecule has 1 saturated heterocycles. The van der Waals surface area contributed by atoms with E-state index in [0.717, 1.165) is 0 Å². The maximum Gasteiger partial charge on any atom is 0.240 e. The third-order valence-electron chi connectivity index (χ3n) is 5.36. The molecular weight excluding hydrogens is 432 g/mol. The Balaban J connectivity index is 0.00000363. The third kappa shape index (κ3) is 5.43. The Morgan fingerprint density at radius 3 is 2.44 bits per heavy atom. The molecule has 0 saturated carbocycles. The molecule has 0 unspecified atom stereocenters. The number of hydrogen-bond donors (Lipinski definition) is 4. The number of nitriles is 1. The van der Waals surface area contributed by atoms with Crippen LogP contribution in [0.4, 0.5) is 11.6 Å². The summed E-state index contributed by atoms with van der Waals surface area (Å²) >= 11 is 5.93. The highest BCUT2D eigenvalue weighted by molar-refractivity contribution is 6.30. The van der Waals surface area contributed by atoms with E-state index in [2.05, 4.69) is 15.3 Å². The normalized spacial score (nSPS) is 15.7. The van der Waals surface area contributed by atoms with Crippen LogP contribution in [0.15, 0.2) is 30.6 Å². The van der Waals surface area contributed by atoms with Crippen molar-refractivity contribution in [3.05, 3.63) is 46.7 Å². The molecule has 0 spiro atoms. The summed E-state index contributed by atoms with van der Waals surface area (Å²) in [6, 6.07) is 8.20. The number of hydrogen-bond acceptors (Lipinski definition) is 8. The summed E-state index contributed by atoms with van der Waals surface area (Å²) in [4.78, 5) is 34.4. The molecule has 170 valence electrons. The largest absolute Gasteiger partial charge is 0.382 e. The fourth-order valence-corrected chi connectivity index (χ4v) is 3.66. The predicted octanol–water partition coefficient (Wildman–Crippen LogP) is 1.25. The Morgan fingerprint density at radius 2 is 1.88 bits per heavy atom. The van der Waals surface area contributed by atoms with Gasteiger partial charge >= 0.3 is 0 Å². The van der Waals surface area contributed by atoms with Crippen LogP contribution >= 0.6 is 11.6 Å². The number of piperidine rings is 1. The Labute approximate surface area is 191 Å². The number of nitrogens with two attached hydrogens (primary N) is 3. The topological polar surface area (TPSA) is 177 Å². The first kappa shape index (κ1) is 24.8. The van der Waals surface area contributed by atoms with Crippen LogP contribution in [0.2, 0.25) is 5.02 Å². The first-order valence-corrected chi connectivity index (χ1v) is 10.0. The second kappa shape index (κ2) is 10.3. The van der Waals surface area contributed by atoms with Gasteiger partial charge in [-0.2, -0.15) is 5.26 Å². The number of aromatic nitrogens is 2. The molecule has 0 aliphatic carbocycles. The van der Waals surface area contributed by atoms with Crippen LogP contribution < -0.4 is 27.4 Å². The monoisotopic (exact) mass is 458 g/mol. The number of nitrogen functional groups attached to an aromatic ring is 1. The van der Waals surface area contributed by atoms with Crippen molar-refractivity contribution >= 4 is 35.1 Å². The number of benzene rings is 1. The standard InChI is InChI=1S/C20H23ClN8O2.CH4/c21-13-3-1-12(2-4-13)15(9-16(23)30)28-19(31)20(25)5-7-29(8-6-20)18-14(10-22)17(24)26-11-27-18;/h1-4,11,15H,5-9,25H2,(H2,23,30)(H,28,31)(H2,24,26,27);1H4/t15-;/m0./s1. The molecule has 7 N–H and O–H groups in total. The molecular formula is C21H27ClN8O2. The molecule has 0 bridgehead atoms. The lowest BCUT2D eigenvalue weighted by Crippen LogP contribution is -2.60. The first-order chi connectivity index (χ1) is 14.7. The fraction of sp³-hybridized carbons (Fsp3) is 0.381. The van der Waals surface area contributed by atoms with Crippen LogP contribution in [0.25, 0.3) is 0 Å². The number of primary amides is 1. The van der Waals surface area contributed by atoms with E-state index in [0.29, 0.717) is 42.3 Å². The zero-order valence-electron chi connectivity index (χ0n) is 16.7. The van der Waals surface area contributed by atoms with E-state index in [1.165, 1.54) is 6.33 Å². The lowest BCUT2D eigenvalue weighted by Gasteiger charge is -2.39. The van der Waals surface area contributed by atoms with Crippen LogP contribution in [0.1, 0.15) is 43.9 Å². The number of rotatable bonds is 6. The van der Waals surface area contributed by atoms with E-state index in [1.807, 2.05) is 11.0 Å². The molecule has 0 radical (unpaired) electrons. The average Bonchev–Trinajstić information content (AvgIpc) is 2.74. The molecule has 32 heavy (non-hydrogen) atoms. The highest BCUT2D eigenvalue weighted by atomic mass is 35.5. The van der Waals surface area contributed by atoms with Gasteiger partial charge in [0.15, 0.2) is 5.82 Å². The summed E-state index contributed by atoms with van der Waals surface area (Å²) in [5.41, 5.74) is 17.3. The van der Waals surface area contributed by atoms with E-state index >= 15 is 0 Å². The average molecular weight is 459 g/mol. The molecule has 1 aromatic carbocycles. The Hall–Kier alpha value is -3.42. The fourth-order valence-electron chi connectivity index (χ4n) is 3.53. The zero-order chi connectivity index (χ0) is 22.6. The van der Waals surface area contributed by atoms with E-state index in [4.69, 9.17) is 28.8 Å². The Morgan fingerprint density at radius 1 is 1.25 bits per heavy atom. The van der Waals surface area contributed by atoms with Gasteiger partial charge in [-0.3, -0.25) is 9.59 Å². The van der Waals surface area contributed by atoms with Crippen molar-refractivity contribution in [2.75, 3.05) is 23.7 Å². The molecule has 11 heteroatoms. The van der Waals surface area contributed by atoms with Crippen molar-refractivity contribution < 1.29 is 9.59 Å². The summed E-state index contributed by atoms with van der Waals surface area (Å²) in [6.45, 7) is 0.799. The van der Waals surface area contributed by atoms with Gasteiger partial charge in [0.25, 0.3) is 0 Å². The molecule has 2 amide bonds. The van der Waals surface area contributed by atoms with Gasteiger partial charge < -0.3 is 27.4 Å². The summed E-state index contributed by atoms with van der Waals surface area (Å²) in [5, 5.41) is 12.7. The minimum Gasteiger partial charge on any atom is -0.382 e. The van der Waals surface area contributed by atoms with Crippen molar-refractivity contribution in [3.8, 4) is 6.07 Å². The number of amides is 2. The highest BCUT2D eigenvalue weighted by Gasteiger charge is 2.39. The zero-order valence-corrected chi connectivity index (χ0v) is 17.5. The van der Waals surface area contributed by atoms with Crippen LogP contribution in [-0.2, 0) is 9.59 Å². The summed E-state index contributed by atoms with van der Waals surface area (Å²) < 4.78 is 0. The lowest BCUT2D eigenvalue weighted by molar-refractivity contribution is -0.128. The number of nitrogens with zero attached hydrogens (tertiary/aromatic N) is 4. The predicted molar refractivity (Wildman–Crippen MR) is 122 cm³/mol. The van der Waals surface area contributed by atoms with E-state index < -0.39 is 17.5 Å². The van der Waals surface area contributed by atoms with Crippen molar-refractivity contribution in [2.24, 2.45) is 11.5 Å². The SMILES string of the molecule is C.N#Cc1c(N)ncnc1N1CCC(N)(C(=O)N[C@@H](CC(N)=O)c2ccc(Cl)cc2)CC1. The Kier molecular flexibility index (Phi) is 7.97. The van der Waals surface area contributed by atoms with Crippen molar-refractivity contribution in [1.82, 2.24) is 15.3 Å². The van der Waals surface area contributed by atoms with Crippen LogP contribution in [0, 0.1) is 11.3 Å². The maximum absolute atomic E-state index is 13.0. The number of carbonyl (C=O) groups is 2. The molecule has 3 rings (SSSR count). The van der Waals surface area contributed by atoms with Crippen LogP contribution in [0.3, 0.4) is 0 Å². The summed E-state index contributed by atoms with van der Waals surface area (Å²) in [6.07, 6.45) is 1.86. The molecule has 1 aliphatic heterocycles. The molecule has 1 aliphatic rings. The highest BCUT2D eigenvalue weighted by Crippen LogP contribution is 2.28. The second-order valence-electron chi connectivity index (χ2n) is 7.46. The van der Waals surface area contributed by atoms with Gasteiger partial charge in [0.2, 0.25) is 11.8 Å². The van der Waals surface area contributed by atoms with Crippen molar-refractivity contribution in [2.45, 2.75) is 38.3 Å². The summed E-state index contributed by atoms with van der Waals surface area (Å²) in [5.74, 6) is -0.403. The summed E-state index contributed by atoms with van der Waals surface area (Å²) in [7, 11) is 0. The third-order valence-corrected chi connectivity index (χ3v) is 5.61. The maximum atomic E-state index is 13.0. The Bertz CT molecular complexity index is 1010. The molecule has 1 atom stereocenters. The molecule has 1 aromatic heterocycles. The van der Waals surface area contributed by atoms with E-state index in [9.17, 15) is 14.9 Å². The smallest absolute Gasteiger partial charge is 0.240 e. The van der Waals surface area contributed by atoms with Gasteiger partial charge in [-0.05, 0) is 30.5 Å². The number of nitrogens with one attached hydrogen (secondary N) is 1. The minimum atomic E-state index is -1.15. The van der Waals surface area contributed by atoms with Crippen molar-refractivity contribution in [3.63, 3.8) is 0 Å². The quantitative estimate of drug-likeness (QED) is 0.499. The lowest BCUT2D eigenvalue weighted by atomic mass is 9.86. The van der Waals surface area contributed by atoms with Crippen LogP contribution in [0.5, 0.6) is 0 Å². The van der Waals surface area contributed by atoms with Gasteiger partial charge in [0, 0.05) is 18.1 Å². The van der Waals surface area contributed by atoms with E-state index in [-0.39, 0.29) is 31.1 Å². The second-order valence-corrected chi connectivity index (χ2v) is 7.90. The van der Waals surface area contributed by atoms with Gasteiger partial charge in [0.05, 0.1) is 18.0 Å². The number of carbonyl (C=O) groups excluding carboxylic acids is 2. The molecule has 2 heterocycles. The minimum absolute atomic E-state index is 0. The van der Waals surface area contributed by atoms with Gasteiger partial charge in [-0.15, -0.1) is 0 Å². The van der Waals surface area contributed by atoms with Crippen molar-refractivity contribution in [1.29, 1.82) is 5.26 Å². The molecule has 1 fully saturated rings.